The number of carbonyl (C=O) groups excluding carboxylic acids is 2. The maximum absolute atomic E-state index is 12.0. The van der Waals surface area contributed by atoms with E-state index in [0.717, 1.165) is 25.7 Å². The summed E-state index contributed by atoms with van der Waals surface area (Å²) in [5.41, 5.74) is -0.949. The van der Waals surface area contributed by atoms with Crippen LogP contribution in [0.4, 0.5) is 9.59 Å². The molecule has 0 radical (unpaired) electrons. The Morgan fingerprint density at radius 2 is 1.58 bits per heavy atom. The highest BCUT2D eigenvalue weighted by Gasteiger charge is 2.28. The van der Waals surface area contributed by atoms with Gasteiger partial charge in [0, 0.05) is 12.6 Å². The molecule has 2 unspecified atom stereocenters. The van der Waals surface area contributed by atoms with Crippen LogP contribution in [0.3, 0.4) is 0 Å². The van der Waals surface area contributed by atoms with Crippen molar-refractivity contribution in [2.45, 2.75) is 97.8 Å². The summed E-state index contributed by atoms with van der Waals surface area (Å²) in [5.74, 6) is 1.01. The minimum Gasteiger partial charge on any atom is -0.444 e. The smallest absolute Gasteiger partial charge is 0.407 e. The number of carbonyl (C=O) groups is 2. The summed E-state index contributed by atoms with van der Waals surface area (Å²) < 4.78 is 10.6. The number of alkyl carbamates (subject to hydrolysis) is 2. The molecule has 0 bridgehead atoms. The number of nitrogens with one attached hydrogen (secondary N) is 2. The van der Waals surface area contributed by atoms with Gasteiger partial charge in [0.15, 0.2) is 0 Å². The maximum atomic E-state index is 12.0. The topological polar surface area (TPSA) is 76.7 Å². The summed E-state index contributed by atoms with van der Waals surface area (Å²) in [6.45, 7) is 13.9. The van der Waals surface area contributed by atoms with E-state index in [-0.39, 0.29) is 18.2 Å². The summed E-state index contributed by atoms with van der Waals surface area (Å²) in [5, 5.41) is 5.81. The largest absolute Gasteiger partial charge is 0.444 e. The van der Waals surface area contributed by atoms with Gasteiger partial charge in [-0.1, -0.05) is 12.8 Å². The Morgan fingerprint density at radius 3 is 2.15 bits per heavy atom. The van der Waals surface area contributed by atoms with E-state index in [4.69, 9.17) is 9.47 Å². The zero-order valence-corrected chi connectivity index (χ0v) is 17.6. The molecule has 0 aromatic heterocycles. The SMILES string of the molecule is C[C@H](NC(=O)OC(C)(C)C)C1CCCC(CCNC(=O)OC(C)(C)C)C1. The third kappa shape index (κ3) is 9.88. The molecule has 6 nitrogen and oxygen atoms in total. The first-order valence-corrected chi connectivity index (χ1v) is 9.82. The third-order valence-corrected chi connectivity index (χ3v) is 4.50. The number of hydrogen-bond donors (Lipinski definition) is 2. The van der Waals surface area contributed by atoms with Gasteiger partial charge in [-0.05, 0) is 79.6 Å². The molecule has 0 saturated heterocycles. The van der Waals surface area contributed by atoms with Crippen LogP contribution in [0.25, 0.3) is 0 Å². The Kier molecular flexibility index (Phi) is 8.22. The van der Waals surface area contributed by atoms with Crippen LogP contribution >= 0.6 is 0 Å². The molecular weight excluding hydrogens is 332 g/mol. The molecule has 0 spiro atoms. The van der Waals surface area contributed by atoms with E-state index >= 15 is 0 Å². The van der Waals surface area contributed by atoms with E-state index < -0.39 is 11.2 Å². The Balaban J connectivity index is 2.35. The van der Waals surface area contributed by atoms with Gasteiger partial charge in [-0.2, -0.15) is 0 Å². The highest BCUT2D eigenvalue weighted by Crippen LogP contribution is 2.33. The fraction of sp³-hybridized carbons (Fsp3) is 0.900. The Hall–Kier alpha value is -1.46. The fourth-order valence-electron chi connectivity index (χ4n) is 3.35. The van der Waals surface area contributed by atoms with Crippen molar-refractivity contribution in [2.75, 3.05) is 6.54 Å². The second-order valence-electron chi connectivity index (χ2n) is 9.44. The fourth-order valence-corrected chi connectivity index (χ4v) is 3.35. The Labute approximate surface area is 158 Å². The second kappa shape index (κ2) is 9.47. The second-order valence-corrected chi connectivity index (χ2v) is 9.44. The monoisotopic (exact) mass is 370 g/mol. The predicted octanol–water partition coefficient (Wildman–Crippen LogP) is 4.62. The number of hydrogen-bond acceptors (Lipinski definition) is 4. The normalized spacial score (nSPS) is 22.3. The molecule has 3 atom stereocenters. The molecule has 0 aromatic rings. The van der Waals surface area contributed by atoms with Crippen LogP contribution in [0.2, 0.25) is 0 Å². The molecule has 1 rings (SSSR count). The van der Waals surface area contributed by atoms with Crippen molar-refractivity contribution in [3.63, 3.8) is 0 Å². The van der Waals surface area contributed by atoms with Gasteiger partial charge in [-0.25, -0.2) is 9.59 Å². The van der Waals surface area contributed by atoms with Crippen LogP contribution < -0.4 is 10.6 Å². The molecule has 152 valence electrons. The van der Waals surface area contributed by atoms with Crippen LogP contribution in [-0.4, -0.2) is 36.0 Å². The van der Waals surface area contributed by atoms with Gasteiger partial charge in [-0.3, -0.25) is 0 Å². The maximum Gasteiger partial charge on any atom is 0.407 e. The molecule has 1 fully saturated rings. The van der Waals surface area contributed by atoms with E-state index in [1.165, 1.54) is 6.42 Å². The number of ether oxygens (including phenoxy) is 2. The lowest BCUT2D eigenvalue weighted by Crippen LogP contribution is -2.42. The van der Waals surface area contributed by atoms with Gasteiger partial charge in [0.05, 0.1) is 0 Å². The van der Waals surface area contributed by atoms with Crippen LogP contribution in [0, 0.1) is 11.8 Å². The van der Waals surface area contributed by atoms with Gasteiger partial charge in [-0.15, -0.1) is 0 Å². The van der Waals surface area contributed by atoms with E-state index in [9.17, 15) is 9.59 Å². The average Bonchev–Trinajstić information content (AvgIpc) is 2.43. The zero-order valence-electron chi connectivity index (χ0n) is 17.6. The van der Waals surface area contributed by atoms with Crippen LogP contribution in [-0.2, 0) is 9.47 Å². The molecule has 0 aromatic carbocycles. The standard InChI is InChI=1S/C20H38N2O4/c1-14(22-18(24)26-20(5,6)7)16-10-8-9-15(13-16)11-12-21-17(23)25-19(2,3)4/h14-16H,8-13H2,1-7H3,(H,21,23)(H,22,24)/t14-,15?,16?/m0/s1. The third-order valence-electron chi connectivity index (χ3n) is 4.50. The first kappa shape index (κ1) is 22.6. The molecule has 0 aliphatic heterocycles. The van der Waals surface area contributed by atoms with Crippen molar-refractivity contribution in [1.82, 2.24) is 10.6 Å². The first-order chi connectivity index (χ1) is 11.9. The predicted molar refractivity (Wildman–Crippen MR) is 103 cm³/mol. The van der Waals surface area contributed by atoms with Gasteiger partial charge in [0.2, 0.25) is 0 Å². The lowest BCUT2D eigenvalue weighted by molar-refractivity contribution is 0.0468. The van der Waals surface area contributed by atoms with Crippen LogP contribution in [0.15, 0.2) is 0 Å². The van der Waals surface area contributed by atoms with E-state index in [2.05, 4.69) is 17.6 Å². The Bertz CT molecular complexity index is 465. The number of amides is 2. The quantitative estimate of drug-likeness (QED) is 0.740. The Morgan fingerprint density at radius 1 is 1.00 bits per heavy atom. The summed E-state index contributed by atoms with van der Waals surface area (Å²) in [7, 11) is 0. The van der Waals surface area contributed by atoms with Crippen molar-refractivity contribution >= 4 is 12.2 Å². The van der Waals surface area contributed by atoms with Crippen LogP contribution in [0.1, 0.15) is 80.6 Å². The van der Waals surface area contributed by atoms with E-state index in [0.29, 0.717) is 18.4 Å². The van der Waals surface area contributed by atoms with E-state index in [1.807, 2.05) is 41.5 Å². The average molecular weight is 371 g/mol. The molecule has 2 N–H and O–H groups in total. The molecule has 1 aliphatic rings. The zero-order chi connectivity index (χ0) is 20.0. The van der Waals surface area contributed by atoms with Gasteiger partial charge < -0.3 is 20.1 Å². The lowest BCUT2D eigenvalue weighted by atomic mass is 9.77. The molecule has 1 aliphatic carbocycles. The van der Waals surface area contributed by atoms with E-state index in [1.54, 1.807) is 0 Å². The summed E-state index contributed by atoms with van der Waals surface area (Å²) in [6.07, 6.45) is 4.74. The van der Waals surface area contributed by atoms with Crippen molar-refractivity contribution in [1.29, 1.82) is 0 Å². The minimum absolute atomic E-state index is 0.0893. The van der Waals surface area contributed by atoms with Crippen molar-refractivity contribution in [3.8, 4) is 0 Å². The van der Waals surface area contributed by atoms with Gasteiger partial charge in [0.25, 0.3) is 0 Å². The first-order valence-electron chi connectivity index (χ1n) is 9.82. The summed E-state index contributed by atoms with van der Waals surface area (Å²) in [4.78, 5) is 23.7. The summed E-state index contributed by atoms with van der Waals surface area (Å²) >= 11 is 0. The molecule has 6 heteroatoms. The highest BCUT2D eigenvalue weighted by molar-refractivity contribution is 5.68. The molecule has 2 amide bonds. The molecule has 0 heterocycles. The summed E-state index contributed by atoms with van der Waals surface area (Å²) in [6, 6.07) is 0.0893. The van der Waals surface area contributed by atoms with Crippen molar-refractivity contribution in [3.05, 3.63) is 0 Å². The van der Waals surface area contributed by atoms with Crippen molar-refractivity contribution < 1.29 is 19.1 Å². The molecular formula is C20H38N2O4. The molecule has 26 heavy (non-hydrogen) atoms. The van der Waals surface area contributed by atoms with Crippen LogP contribution in [0.5, 0.6) is 0 Å². The number of rotatable bonds is 5. The van der Waals surface area contributed by atoms with Gasteiger partial charge in [0.1, 0.15) is 11.2 Å². The highest BCUT2D eigenvalue weighted by atomic mass is 16.6. The lowest BCUT2D eigenvalue weighted by Gasteiger charge is -2.34. The minimum atomic E-state index is -0.480. The van der Waals surface area contributed by atoms with Gasteiger partial charge >= 0.3 is 12.2 Å². The van der Waals surface area contributed by atoms with Crippen molar-refractivity contribution in [2.24, 2.45) is 11.8 Å². The molecule has 1 saturated carbocycles.